The number of hydrogen-bond acceptors (Lipinski definition) is 26. The fourth-order valence-electron chi connectivity index (χ4n) is 15.0. The molecule has 6 fully saturated rings. The minimum absolute atomic E-state index is 0.0245. The first-order valence-corrected chi connectivity index (χ1v) is 53.6. The monoisotopic (exact) mass is 2060 g/mol. The Morgan fingerprint density at radius 1 is 0.541 bits per heavy atom. The average Bonchev–Trinajstić information content (AvgIpc) is 1.58. The minimum atomic E-state index is -0.421. The molecule has 2 unspecified atom stereocenters. The summed E-state index contributed by atoms with van der Waals surface area (Å²) < 4.78 is 51.1. The van der Waals surface area contributed by atoms with E-state index in [9.17, 15) is 9.90 Å². The van der Waals surface area contributed by atoms with Crippen molar-refractivity contribution in [1.29, 1.82) is 10.5 Å². The third-order valence-corrected chi connectivity index (χ3v) is 20.8. The van der Waals surface area contributed by atoms with Crippen LogP contribution in [0.5, 0.6) is 34.5 Å². The highest BCUT2D eigenvalue weighted by atomic mass is 35.5. The fraction of sp³-hybridized carbons (Fsp3) is 0.720. The van der Waals surface area contributed by atoms with E-state index in [1.165, 1.54) is 50.3 Å². The van der Waals surface area contributed by atoms with Crippen molar-refractivity contribution in [2.75, 3.05) is 103 Å². The second-order valence-electron chi connectivity index (χ2n) is 52.1. The molecule has 5 aliphatic heterocycles. The number of phenolic OH excluding ortho intramolecular Hbond substituents is 1. The largest absolute Gasteiger partial charge is 0.508 e. The topological polar surface area (TPSA) is 347 Å². The molecule has 0 bridgehead atoms. The van der Waals surface area contributed by atoms with Gasteiger partial charge in [-0.2, -0.15) is 10.5 Å². The van der Waals surface area contributed by atoms with E-state index in [4.69, 9.17) is 82.0 Å². The summed E-state index contributed by atoms with van der Waals surface area (Å²) >= 11 is 5.94. The van der Waals surface area contributed by atoms with E-state index in [1.54, 1.807) is 47.9 Å². The number of phenols is 1. The fourth-order valence-corrected chi connectivity index (χ4v) is 15.2. The number of halogens is 1. The number of nitrogen functional groups attached to an aromatic ring is 1. The van der Waals surface area contributed by atoms with Crippen molar-refractivity contribution in [3.8, 4) is 46.6 Å². The number of carbonyl (C=O) groups is 1. The maximum Gasteiger partial charge on any atom is 0.410 e. The summed E-state index contributed by atoms with van der Waals surface area (Å²) in [5.74, 6) is 9.12. The van der Waals surface area contributed by atoms with Crippen LogP contribution >= 0.6 is 11.6 Å². The number of nitrogens with two attached hydrogens (primary N) is 3. The van der Waals surface area contributed by atoms with Crippen LogP contribution in [0.2, 0.25) is 5.02 Å². The molecule has 5 saturated heterocycles. The van der Waals surface area contributed by atoms with Crippen LogP contribution in [0.4, 0.5) is 16.6 Å². The number of piperidine rings is 3. The zero-order valence-corrected chi connectivity index (χ0v) is 100. The van der Waals surface area contributed by atoms with Crippen LogP contribution in [0.1, 0.15) is 353 Å². The van der Waals surface area contributed by atoms with E-state index >= 15 is 0 Å². The number of benzene rings is 4. The predicted octanol–water partition coefficient (Wildman–Crippen LogP) is 25.3. The molecular formula is C118H207ClN16O11. The van der Waals surface area contributed by atoms with Gasteiger partial charge in [-0.3, -0.25) is 9.80 Å². The van der Waals surface area contributed by atoms with Crippen molar-refractivity contribution in [2.45, 2.75) is 429 Å². The minimum Gasteiger partial charge on any atom is -0.508 e. The van der Waals surface area contributed by atoms with Gasteiger partial charge in [0.25, 0.3) is 0 Å². The van der Waals surface area contributed by atoms with Gasteiger partial charge in [0.1, 0.15) is 74.5 Å². The molecule has 4 atom stereocenters. The summed E-state index contributed by atoms with van der Waals surface area (Å²) in [4.78, 5) is 37.3. The van der Waals surface area contributed by atoms with Crippen molar-refractivity contribution in [3.63, 3.8) is 0 Å². The van der Waals surface area contributed by atoms with E-state index in [0.29, 0.717) is 62.1 Å². The Kier molecular flexibility index (Phi) is 57.7. The molecule has 146 heavy (non-hydrogen) atoms. The number of aromatic nitrogens is 4. The van der Waals surface area contributed by atoms with Gasteiger partial charge in [-0.25, -0.2) is 24.7 Å². The number of anilines is 2. The van der Waals surface area contributed by atoms with Gasteiger partial charge in [0.05, 0.1) is 81.3 Å². The van der Waals surface area contributed by atoms with Gasteiger partial charge in [0, 0.05) is 87.5 Å². The lowest BCUT2D eigenvalue weighted by atomic mass is 10.0. The first kappa shape index (κ1) is 136. The number of nitrogens with zero attached hydrogens (tertiary/aromatic N) is 10. The zero-order chi connectivity index (χ0) is 112. The standard InChI is InChI=1S/C15H20N4O.C14H27NO3.C12H19NO.C11H12ClNO.C11H13NO2.C11H25N.C10H20N2.C9H19NO.C8H13N3O.C8H17NO.C5H12.C4H10/c1-15(2,3)20-11-4-5-13-12(6-11)14(18-9-17-13)19-7-10(16)8-19;1-13(2,3)17-11-7-9-15(10-8-11)12(16)18-14(4,5)6;1-12(2,3)14-11-7-5-6-10(8-11)9-13-4;1-11(2,3)14-10-5-4-8(7-13)6-9(10)12;1-11(2,3)14-10-5-8(7-12)4-9(13)6-10;1-7-8-12(9-10(2)3)11(4,5)6;1-10(2,3)12-5-8-7(4-11)9(8)6-12;1-9(2,3)11-8-4-6-10-7-5-8;1-8(2,3)12-6-4-10-7(9)11-5-6;1-8(2,3)10-7-4-5-9-6-7;1-5(2,3)4;1-4(2)3/h4-6,9-10H,7-8,16H2,1-3H3;11H,7-10H2,1-6H3;5-8,13H,9H2,1-4H3;4-6H,1-3H3;4-6,13H,1-3H3;10H,7-9H2,1-6H3;7-9H,4-6,11H2,1-3H3;8,10H,4-7H2,1-3H3;4-5H,1-3H3,(H2,9,10,11);7,9H,4-6H2,1-3H3;1-4H3;4H,1-3H3/t;;;;;;7?,8-,9+;;;;;. The van der Waals surface area contributed by atoms with Crippen molar-refractivity contribution in [1.82, 2.24) is 50.6 Å². The maximum absolute atomic E-state index is 11.9. The second kappa shape index (κ2) is 62.0. The van der Waals surface area contributed by atoms with Gasteiger partial charge in [0.2, 0.25) is 5.95 Å². The summed E-state index contributed by atoms with van der Waals surface area (Å²) in [6, 6.07) is 27.8. The van der Waals surface area contributed by atoms with Crippen LogP contribution in [0.25, 0.3) is 10.9 Å². The number of fused-ring (bicyclic) bond motifs is 2. The lowest BCUT2D eigenvalue weighted by Crippen LogP contribution is -2.56. The highest BCUT2D eigenvalue weighted by Crippen LogP contribution is 2.52. The third kappa shape index (κ3) is 67.1. The molecule has 10 N–H and O–H groups in total. The Labute approximate surface area is 892 Å². The lowest BCUT2D eigenvalue weighted by Gasteiger charge is -2.38. The quantitative estimate of drug-likeness (QED) is 0.0473. The number of hydrogen-bond donors (Lipinski definition) is 7. The van der Waals surface area contributed by atoms with E-state index in [-0.39, 0.29) is 74.7 Å². The molecular weight excluding hydrogens is 1850 g/mol. The molecule has 6 aromatic rings. The summed E-state index contributed by atoms with van der Waals surface area (Å²) in [5, 5.41) is 37.8. The third-order valence-electron chi connectivity index (χ3n) is 20.5. The molecule has 0 radical (unpaired) electrons. The molecule has 0 spiro atoms. The summed E-state index contributed by atoms with van der Waals surface area (Å²) in [6.07, 6.45) is 12.2. The first-order valence-electron chi connectivity index (χ1n) is 53.2. The Morgan fingerprint density at radius 2 is 1.00 bits per heavy atom. The summed E-state index contributed by atoms with van der Waals surface area (Å²) in [7, 11) is 1.94. The number of likely N-dealkylation sites (tertiary alicyclic amines) is 2. The average molecular weight is 2060 g/mol. The van der Waals surface area contributed by atoms with Crippen LogP contribution in [0, 0.1) is 57.7 Å². The highest BCUT2D eigenvalue weighted by Gasteiger charge is 2.56. The molecule has 1 aliphatic carbocycles. The number of ether oxygens (including phenoxy) is 9. The summed E-state index contributed by atoms with van der Waals surface area (Å²) in [6.45, 7) is 104. The van der Waals surface area contributed by atoms with Gasteiger partial charge >= 0.3 is 6.09 Å². The molecule has 27 nitrogen and oxygen atoms in total. The van der Waals surface area contributed by atoms with Crippen molar-refractivity contribution < 1.29 is 52.5 Å². The van der Waals surface area contributed by atoms with Gasteiger partial charge in [0.15, 0.2) is 5.75 Å². The lowest BCUT2D eigenvalue weighted by molar-refractivity contribution is -0.0824. The molecule has 28 heteroatoms. The van der Waals surface area contributed by atoms with Crippen LogP contribution in [0.15, 0.2) is 97.6 Å². The van der Waals surface area contributed by atoms with Crippen molar-refractivity contribution >= 4 is 40.4 Å². The van der Waals surface area contributed by atoms with Crippen molar-refractivity contribution in [2.24, 2.45) is 46.5 Å². The van der Waals surface area contributed by atoms with Gasteiger partial charge < -0.3 is 90.7 Å². The summed E-state index contributed by atoms with van der Waals surface area (Å²) in [5.41, 5.74) is 19.5. The number of nitrogens with one attached hydrogen (secondary N) is 3. The predicted molar refractivity (Wildman–Crippen MR) is 610 cm³/mol. The normalized spacial score (nSPS) is 17.3. The molecule has 1 saturated carbocycles. The Hall–Kier alpha value is -8.16. The first-order chi connectivity index (χ1) is 66.6. The SMILES string of the molecule is CC(C)(C)C.CC(C)(C)N1C[C@@H]2C(CN)[C@@H]2C1.CC(C)(C)OC(=O)N1CCC(OC(C)(C)C)CC1.CC(C)(C)OC1CCNC1.CC(C)(C)OC1CCNCC1.CC(C)(C)Oc1cc(O)cc(C#N)c1.CC(C)(C)Oc1ccc(C#N)cc1Cl.CC(C)(C)Oc1ccc2ncnc(N3CC(N)C3)c2c1.CC(C)(C)Oc1cnc(N)nc1.CC(C)C.CCCN(CC(C)C)C(C)(C)C.CNCc1cccc(OC(C)(C)C)c1. The Bertz CT molecular complexity index is 4680. The number of rotatable bonds is 16. The smallest absolute Gasteiger partial charge is 0.410 e. The van der Waals surface area contributed by atoms with Gasteiger partial charge in [-0.1, -0.05) is 93.0 Å². The Morgan fingerprint density at radius 3 is 1.41 bits per heavy atom. The number of nitriles is 2. The van der Waals surface area contributed by atoms with Crippen LogP contribution in [0.3, 0.4) is 0 Å². The maximum atomic E-state index is 11.9. The van der Waals surface area contributed by atoms with Gasteiger partial charge in [-0.15, -0.1) is 0 Å². The van der Waals surface area contributed by atoms with Gasteiger partial charge in [-0.05, 0) is 408 Å². The van der Waals surface area contributed by atoms with Crippen LogP contribution in [-0.2, 0) is 25.5 Å². The molecule has 1 amide bonds. The molecule has 4 aromatic carbocycles. The molecule has 2 aromatic heterocycles. The number of carbonyl (C=O) groups excluding carboxylic acids is 1. The molecule has 12 rings (SSSR count). The Balaban J connectivity index is 0.000000808. The molecule has 7 heterocycles. The van der Waals surface area contributed by atoms with E-state index in [2.05, 4.69) is 257 Å². The zero-order valence-electron chi connectivity index (χ0n) is 99.7. The van der Waals surface area contributed by atoms with E-state index < -0.39 is 5.60 Å². The van der Waals surface area contributed by atoms with Crippen LogP contribution < -0.4 is 61.7 Å². The molecule has 832 valence electrons. The number of amides is 1. The van der Waals surface area contributed by atoms with Crippen LogP contribution in [-0.4, -0.2) is 224 Å². The van der Waals surface area contributed by atoms with Crippen molar-refractivity contribution in [3.05, 3.63) is 119 Å². The number of aromatic hydroxyl groups is 1. The molecule has 6 aliphatic rings. The van der Waals surface area contributed by atoms with E-state index in [0.717, 1.165) is 155 Å². The second-order valence-corrected chi connectivity index (χ2v) is 52.5. The highest BCUT2D eigenvalue weighted by molar-refractivity contribution is 6.32. The van der Waals surface area contributed by atoms with E-state index in [1.807, 2.05) is 153 Å².